The summed E-state index contributed by atoms with van der Waals surface area (Å²) < 4.78 is 5.70. The van der Waals surface area contributed by atoms with Crippen LogP contribution >= 0.6 is 35.0 Å². The number of carbonyl (C=O) groups excluding carboxylic acids is 3. The minimum Gasteiger partial charge on any atom is -0.493 e. The minimum atomic E-state index is -0.525. The number of thioether (sulfide) groups is 1. The van der Waals surface area contributed by atoms with E-state index in [4.69, 9.17) is 27.9 Å². The highest BCUT2D eigenvalue weighted by molar-refractivity contribution is 8.00. The van der Waals surface area contributed by atoms with Crippen LogP contribution in [0, 0.1) is 0 Å². The zero-order valence-electron chi connectivity index (χ0n) is 22.5. The Labute approximate surface area is 258 Å². The summed E-state index contributed by atoms with van der Waals surface area (Å²) in [6.07, 6.45) is 1.58. The van der Waals surface area contributed by atoms with Crippen molar-refractivity contribution in [2.75, 3.05) is 23.0 Å². The van der Waals surface area contributed by atoms with Gasteiger partial charge in [-0.05, 0) is 67.6 Å². The lowest BCUT2D eigenvalue weighted by Crippen LogP contribution is -2.30. The van der Waals surface area contributed by atoms with Gasteiger partial charge in [-0.1, -0.05) is 65.7 Å². The third kappa shape index (κ3) is 8.88. The number of para-hydroxylation sites is 1. The first-order valence-electron chi connectivity index (χ1n) is 12.9. The summed E-state index contributed by atoms with van der Waals surface area (Å²) in [6.45, 7) is 2.31. The minimum absolute atomic E-state index is 0.0354. The van der Waals surface area contributed by atoms with Crippen LogP contribution in [0.3, 0.4) is 0 Å². The van der Waals surface area contributed by atoms with Gasteiger partial charge in [0.1, 0.15) is 11.4 Å². The monoisotopic (exact) mass is 619 g/mol. The van der Waals surface area contributed by atoms with Gasteiger partial charge in [0, 0.05) is 26.7 Å². The topological polar surface area (TPSA) is 96.5 Å². The molecular weight excluding hydrogens is 593 g/mol. The highest BCUT2D eigenvalue weighted by atomic mass is 35.5. The summed E-state index contributed by atoms with van der Waals surface area (Å²) >= 11 is 13.4. The number of ether oxygens (including phenoxy) is 1. The standard InChI is InChI=1S/C32H27Cl2N3O4S/c1-2-41-29-14-7-6-11-22(29)17-28(37-31(39)21-9-4-3-5-10-21)32(40)35-24-12-8-13-25(19-24)42-20-30(38)36-27-16-15-23(33)18-26(27)34/h3-19H,2,20H2,1H3,(H,35,40)(H,36,38)(H,37,39)/b28-17+. The summed E-state index contributed by atoms with van der Waals surface area (Å²) in [5.41, 5.74) is 2.03. The Morgan fingerprint density at radius 3 is 2.38 bits per heavy atom. The molecule has 0 unspecified atom stereocenters. The molecule has 3 amide bonds. The van der Waals surface area contributed by atoms with E-state index >= 15 is 0 Å². The Morgan fingerprint density at radius 2 is 1.62 bits per heavy atom. The van der Waals surface area contributed by atoms with E-state index < -0.39 is 11.8 Å². The second-order valence-electron chi connectivity index (χ2n) is 8.79. The molecule has 0 aliphatic carbocycles. The van der Waals surface area contributed by atoms with Gasteiger partial charge in [-0.3, -0.25) is 14.4 Å². The quantitative estimate of drug-likeness (QED) is 0.119. The average molecular weight is 621 g/mol. The van der Waals surface area contributed by atoms with Gasteiger partial charge < -0.3 is 20.7 Å². The van der Waals surface area contributed by atoms with Gasteiger partial charge >= 0.3 is 0 Å². The number of rotatable bonds is 11. The van der Waals surface area contributed by atoms with Gasteiger partial charge in [-0.2, -0.15) is 0 Å². The molecule has 0 saturated heterocycles. The van der Waals surface area contributed by atoms with E-state index in [0.717, 1.165) is 4.90 Å². The van der Waals surface area contributed by atoms with E-state index in [0.29, 0.717) is 44.9 Å². The Balaban J connectivity index is 1.48. The molecule has 0 spiro atoms. The molecule has 42 heavy (non-hydrogen) atoms. The predicted molar refractivity (Wildman–Crippen MR) is 170 cm³/mol. The molecule has 10 heteroatoms. The van der Waals surface area contributed by atoms with Crippen LogP contribution in [0.25, 0.3) is 6.08 Å². The van der Waals surface area contributed by atoms with E-state index in [2.05, 4.69) is 16.0 Å². The van der Waals surface area contributed by atoms with Crippen molar-refractivity contribution in [2.45, 2.75) is 11.8 Å². The smallest absolute Gasteiger partial charge is 0.272 e. The lowest BCUT2D eigenvalue weighted by atomic mass is 10.1. The Morgan fingerprint density at radius 1 is 0.857 bits per heavy atom. The highest BCUT2D eigenvalue weighted by Gasteiger charge is 2.17. The molecule has 0 atom stereocenters. The normalized spacial score (nSPS) is 11.0. The molecule has 4 rings (SSSR count). The number of anilines is 2. The number of hydrogen-bond donors (Lipinski definition) is 3. The van der Waals surface area contributed by atoms with E-state index in [1.807, 2.05) is 25.1 Å². The molecule has 3 N–H and O–H groups in total. The lowest BCUT2D eigenvalue weighted by Gasteiger charge is -2.13. The van der Waals surface area contributed by atoms with Gasteiger partial charge in [0.2, 0.25) is 5.91 Å². The van der Waals surface area contributed by atoms with E-state index in [9.17, 15) is 14.4 Å². The third-order valence-electron chi connectivity index (χ3n) is 5.71. The number of halogens is 2. The van der Waals surface area contributed by atoms with Gasteiger partial charge in [-0.25, -0.2) is 0 Å². The van der Waals surface area contributed by atoms with Crippen molar-refractivity contribution in [3.63, 3.8) is 0 Å². The molecular formula is C32H27Cl2N3O4S. The van der Waals surface area contributed by atoms with Crippen molar-refractivity contribution in [2.24, 2.45) is 0 Å². The van der Waals surface area contributed by atoms with Crippen LogP contribution < -0.4 is 20.7 Å². The molecule has 0 fully saturated rings. The molecule has 4 aromatic rings. The van der Waals surface area contributed by atoms with Crippen LogP contribution in [0.15, 0.2) is 108 Å². The van der Waals surface area contributed by atoms with Crippen LogP contribution in [0.4, 0.5) is 11.4 Å². The molecule has 0 aliphatic rings. The molecule has 214 valence electrons. The van der Waals surface area contributed by atoms with Crippen LogP contribution in [0.5, 0.6) is 5.75 Å². The first kappa shape index (κ1) is 30.7. The Bertz CT molecular complexity index is 1610. The maximum Gasteiger partial charge on any atom is 0.272 e. The SMILES string of the molecule is CCOc1ccccc1/C=C(/NC(=O)c1ccccc1)C(=O)Nc1cccc(SCC(=O)Nc2ccc(Cl)cc2Cl)c1. The number of hydrogen-bond acceptors (Lipinski definition) is 5. The molecule has 7 nitrogen and oxygen atoms in total. The Hall–Kier alpha value is -4.24. The van der Waals surface area contributed by atoms with Crippen molar-refractivity contribution in [3.05, 3.63) is 124 Å². The molecule has 0 radical (unpaired) electrons. The van der Waals surface area contributed by atoms with Crippen molar-refractivity contribution in [1.82, 2.24) is 5.32 Å². The number of amides is 3. The third-order valence-corrected chi connectivity index (χ3v) is 7.26. The fourth-order valence-corrected chi connectivity index (χ4v) is 4.98. The highest BCUT2D eigenvalue weighted by Crippen LogP contribution is 2.27. The van der Waals surface area contributed by atoms with Crippen LogP contribution in [0.1, 0.15) is 22.8 Å². The van der Waals surface area contributed by atoms with Crippen molar-refractivity contribution in [3.8, 4) is 5.75 Å². The van der Waals surface area contributed by atoms with Gasteiger partial charge in [0.25, 0.3) is 11.8 Å². The molecule has 0 aromatic heterocycles. The molecule has 0 aliphatic heterocycles. The van der Waals surface area contributed by atoms with Gasteiger partial charge in [0.15, 0.2) is 0 Å². The molecule has 4 aromatic carbocycles. The van der Waals surface area contributed by atoms with Crippen LogP contribution in [0.2, 0.25) is 10.0 Å². The van der Waals surface area contributed by atoms with E-state index in [1.54, 1.807) is 84.9 Å². The molecule has 0 bridgehead atoms. The maximum atomic E-state index is 13.5. The van der Waals surface area contributed by atoms with Gasteiger partial charge in [-0.15, -0.1) is 11.8 Å². The van der Waals surface area contributed by atoms with Crippen LogP contribution in [-0.4, -0.2) is 30.1 Å². The number of nitrogens with one attached hydrogen (secondary N) is 3. The van der Waals surface area contributed by atoms with E-state index in [-0.39, 0.29) is 17.4 Å². The first-order valence-corrected chi connectivity index (χ1v) is 14.7. The van der Waals surface area contributed by atoms with Crippen molar-refractivity contribution >= 4 is 70.1 Å². The summed E-state index contributed by atoms with van der Waals surface area (Å²) in [5, 5.41) is 9.16. The maximum absolute atomic E-state index is 13.5. The fraction of sp³-hybridized carbons (Fsp3) is 0.0938. The number of carbonyl (C=O) groups is 3. The zero-order valence-corrected chi connectivity index (χ0v) is 24.9. The predicted octanol–water partition coefficient (Wildman–Crippen LogP) is 7.53. The summed E-state index contributed by atoms with van der Waals surface area (Å²) in [4.78, 5) is 39.7. The second kappa shape index (κ2) is 15.1. The van der Waals surface area contributed by atoms with Crippen LogP contribution in [-0.2, 0) is 9.59 Å². The summed E-state index contributed by atoms with van der Waals surface area (Å²) in [5.74, 6) is -0.510. The Kier molecular flexibility index (Phi) is 11.1. The number of benzene rings is 4. The zero-order chi connectivity index (χ0) is 29.9. The molecule has 0 heterocycles. The fourth-order valence-electron chi connectivity index (χ4n) is 3.77. The largest absolute Gasteiger partial charge is 0.493 e. The summed E-state index contributed by atoms with van der Waals surface area (Å²) in [6, 6.07) is 27.8. The van der Waals surface area contributed by atoms with Crippen molar-refractivity contribution in [1.29, 1.82) is 0 Å². The first-order chi connectivity index (χ1) is 20.3. The van der Waals surface area contributed by atoms with Gasteiger partial charge in [0.05, 0.1) is 23.1 Å². The molecule has 0 saturated carbocycles. The lowest BCUT2D eigenvalue weighted by molar-refractivity contribution is -0.114. The van der Waals surface area contributed by atoms with Crippen molar-refractivity contribution < 1.29 is 19.1 Å². The second-order valence-corrected chi connectivity index (χ2v) is 10.7. The van der Waals surface area contributed by atoms with E-state index in [1.165, 1.54) is 11.8 Å². The summed E-state index contributed by atoms with van der Waals surface area (Å²) in [7, 11) is 0. The average Bonchev–Trinajstić information content (AvgIpc) is 2.99.